The molecule has 130 valence electrons. The summed E-state index contributed by atoms with van der Waals surface area (Å²) in [5, 5.41) is 10.8. The van der Waals surface area contributed by atoms with Gasteiger partial charge in [-0.2, -0.15) is 0 Å². The molecule has 2 aromatic carbocycles. The van der Waals surface area contributed by atoms with E-state index in [0.29, 0.717) is 5.56 Å². The lowest BCUT2D eigenvalue weighted by atomic mass is 9.85. The number of rotatable bonds is 7. The third-order valence-corrected chi connectivity index (χ3v) is 3.84. The second-order valence-electron chi connectivity index (χ2n) is 5.72. The molecule has 25 heavy (non-hydrogen) atoms. The van der Waals surface area contributed by atoms with Gasteiger partial charge in [-0.15, -0.1) is 0 Å². The SMILES string of the molecule is CCOC(=O)/C(=C(/O)c1ccccc1)C(CC(C)=O)c1ccccc1. The molecule has 0 amide bonds. The van der Waals surface area contributed by atoms with Gasteiger partial charge in [0.05, 0.1) is 12.2 Å². The van der Waals surface area contributed by atoms with Crippen LogP contribution in [0.4, 0.5) is 0 Å². The van der Waals surface area contributed by atoms with E-state index >= 15 is 0 Å². The lowest BCUT2D eigenvalue weighted by Gasteiger charge is -2.20. The molecule has 0 radical (unpaired) electrons. The minimum absolute atomic E-state index is 0.0727. The summed E-state index contributed by atoms with van der Waals surface area (Å²) >= 11 is 0. The van der Waals surface area contributed by atoms with Crippen LogP contribution in [0.25, 0.3) is 5.76 Å². The average molecular weight is 338 g/mol. The molecule has 0 heterocycles. The van der Waals surface area contributed by atoms with Crippen LogP contribution < -0.4 is 0 Å². The van der Waals surface area contributed by atoms with Crippen molar-refractivity contribution in [3.8, 4) is 0 Å². The predicted molar refractivity (Wildman–Crippen MR) is 97.1 cm³/mol. The van der Waals surface area contributed by atoms with Crippen molar-refractivity contribution < 1.29 is 19.4 Å². The van der Waals surface area contributed by atoms with Gasteiger partial charge in [0.15, 0.2) is 0 Å². The minimum Gasteiger partial charge on any atom is -0.507 e. The van der Waals surface area contributed by atoms with Crippen molar-refractivity contribution in [2.45, 2.75) is 26.2 Å². The molecule has 2 rings (SSSR count). The Morgan fingerprint density at radius 3 is 2.08 bits per heavy atom. The van der Waals surface area contributed by atoms with E-state index < -0.39 is 11.9 Å². The fourth-order valence-electron chi connectivity index (χ4n) is 2.72. The molecule has 0 spiro atoms. The number of ether oxygens (including phenoxy) is 1. The van der Waals surface area contributed by atoms with Gasteiger partial charge in [0, 0.05) is 17.9 Å². The highest BCUT2D eigenvalue weighted by molar-refractivity contribution is 5.98. The van der Waals surface area contributed by atoms with E-state index in [1.165, 1.54) is 6.92 Å². The number of benzene rings is 2. The van der Waals surface area contributed by atoms with Gasteiger partial charge in [-0.25, -0.2) is 4.79 Å². The second-order valence-corrected chi connectivity index (χ2v) is 5.72. The van der Waals surface area contributed by atoms with E-state index in [0.717, 1.165) is 5.56 Å². The zero-order chi connectivity index (χ0) is 18.2. The molecule has 0 aromatic heterocycles. The predicted octanol–water partition coefficient (Wildman–Crippen LogP) is 4.28. The topological polar surface area (TPSA) is 63.6 Å². The van der Waals surface area contributed by atoms with Crippen LogP contribution >= 0.6 is 0 Å². The summed E-state index contributed by atoms with van der Waals surface area (Å²) in [5.74, 6) is -1.41. The summed E-state index contributed by atoms with van der Waals surface area (Å²) in [6.07, 6.45) is 0.106. The first-order chi connectivity index (χ1) is 12.0. The molecule has 4 heteroatoms. The Hall–Kier alpha value is -2.88. The van der Waals surface area contributed by atoms with E-state index in [4.69, 9.17) is 4.74 Å². The molecule has 0 aliphatic rings. The largest absolute Gasteiger partial charge is 0.507 e. The summed E-state index contributed by atoms with van der Waals surface area (Å²) in [6, 6.07) is 18.0. The van der Waals surface area contributed by atoms with Crippen molar-refractivity contribution in [1.82, 2.24) is 0 Å². The van der Waals surface area contributed by atoms with E-state index in [1.807, 2.05) is 36.4 Å². The molecule has 1 atom stereocenters. The Morgan fingerprint density at radius 2 is 1.56 bits per heavy atom. The Kier molecular flexibility index (Phi) is 6.52. The maximum absolute atomic E-state index is 12.6. The summed E-state index contributed by atoms with van der Waals surface area (Å²) in [5.41, 5.74) is 1.40. The molecule has 1 unspecified atom stereocenters. The fraction of sp³-hybridized carbons (Fsp3) is 0.238. The normalized spacial score (nSPS) is 12.9. The number of carbonyl (C=O) groups excluding carboxylic acids is 2. The third-order valence-electron chi connectivity index (χ3n) is 3.84. The van der Waals surface area contributed by atoms with Crippen LogP contribution in [0.5, 0.6) is 0 Å². The van der Waals surface area contributed by atoms with Crippen LogP contribution in [0.1, 0.15) is 37.3 Å². The van der Waals surface area contributed by atoms with Crippen molar-refractivity contribution in [3.05, 3.63) is 77.4 Å². The van der Waals surface area contributed by atoms with E-state index in [1.54, 1.807) is 31.2 Å². The van der Waals surface area contributed by atoms with E-state index in [9.17, 15) is 14.7 Å². The van der Waals surface area contributed by atoms with Gasteiger partial charge in [-0.3, -0.25) is 4.79 Å². The molecular formula is C21H22O4. The minimum atomic E-state index is -0.612. The molecule has 0 bridgehead atoms. The Balaban J connectivity index is 2.62. The van der Waals surface area contributed by atoms with Crippen LogP contribution in [0.15, 0.2) is 66.2 Å². The lowest BCUT2D eigenvalue weighted by molar-refractivity contribution is -0.138. The number of aliphatic hydroxyl groups is 1. The fourth-order valence-corrected chi connectivity index (χ4v) is 2.72. The van der Waals surface area contributed by atoms with E-state index in [2.05, 4.69) is 0 Å². The number of carbonyl (C=O) groups is 2. The van der Waals surface area contributed by atoms with E-state index in [-0.39, 0.29) is 30.1 Å². The van der Waals surface area contributed by atoms with Gasteiger partial charge < -0.3 is 9.84 Å². The summed E-state index contributed by atoms with van der Waals surface area (Å²) in [6.45, 7) is 3.36. The zero-order valence-corrected chi connectivity index (χ0v) is 14.4. The van der Waals surface area contributed by atoms with Gasteiger partial charge in [-0.05, 0) is 19.4 Å². The van der Waals surface area contributed by atoms with Crippen LogP contribution in [-0.4, -0.2) is 23.5 Å². The number of Topliss-reactive ketones (excluding diaryl/α,β-unsaturated/α-hetero) is 1. The Labute approximate surface area is 147 Å². The molecule has 4 nitrogen and oxygen atoms in total. The zero-order valence-electron chi connectivity index (χ0n) is 14.4. The van der Waals surface area contributed by atoms with Gasteiger partial charge >= 0.3 is 5.97 Å². The van der Waals surface area contributed by atoms with Gasteiger partial charge in [0.2, 0.25) is 0 Å². The van der Waals surface area contributed by atoms with Gasteiger partial charge in [0.25, 0.3) is 0 Å². The lowest BCUT2D eigenvalue weighted by Crippen LogP contribution is -2.19. The molecule has 0 fully saturated rings. The number of aliphatic hydroxyl groups excluding tert-OH is 1. The summed E-state index contributed by atoms with van der Waals surface area (Å²) in [7, 11) is 0. The molecule has 1 N–H and O–H groups in total. The van der Waals surface area contributed by atoms with Gasteiger partial charge in [-0.1, -0.05) is 60.7 Å². The molecule has 0 aliphatic carbocycles. The van der Waals surface area contributed by atoms with Crippen LogP contribution in [-0.2, 0) is 14.3 Å². The van der Waals surface area contributed by atoms with Crippen molar-refractivity contribution in [3.63, 3.8) is 0 Å². The Morgan fingerprint density at radius 1 is 1.00 bits per heavy atom. The van der Waals surface area contributed by atoms with Crippen molar-refractivity contribution >= 4 is 17.5 Å². The highest BCUT2D eigenvalue weighted by atomic mass is 16.5. The molecule has 0 saturated heterocycles. The first-order valence-corrected chi connectivity index (χ1v) is 8.24. The molecule has 0 aliphatic heterocycles. The average Bonchev–Trinajstić information content (AvgIpc) is 2.62. The van der Waals surface area contributed by atoms with Crippen LogP contribution in [0, 0.1) is 0 Å². The smallest absolute Gasteiger partial charge is 0.338 e. The van der Waals surface area contributed by atoms with Crippen LogP contribution in [0.2, 0.25) is 0 Å². The molecular weight excluding hydrogens is 316 g/mol. The maximum atomic E-state index is 12.6. The number of hydrogen-bond acceptors (Lipinski definition) is 4. The highest BCUT2D eigenvalue weighted by Crippen LogP contribution is 2.33. The standard InChI is InChI=1S/C21H22O4/c1-3-25-21(24)19(20(23)17-12-8-5-9-13-17)18(14-15(2)22)16-10-6-4-7-11-16/h4-13,18,23H,3,14H2,1-2H3/b20-19+. The van der Waals surface area contributed by atoms with Crippen molar-refractivity contribution in [2.24, 2.45) is 0 Å². The first-order valence-electron chi connectivity index (χ1n) is 8.24. The highest BCUT2D eigenvalue weighted by Gasteiger charge is 2.29. The quantitative estimate of drug-likeness (QED) is 0.465. The second kappa shape index (κ2) is 8.83. The number of esters is 1. The number of hydrogen-bond donors (Lipinski definition) is 1. The summed E-state index contributed by atoms with van der Waals surface area (Å²) in [4.78, 5) is 24.4. The molecule has 0 saturated carbocycles. The monoisotopic (exact) mass is 338 g/mol. The van der Waals surface area contributed by atoms with Crippen molar-refractivity contribution in [2.75, 3.05) is 6.61 Å². The van der Waals surface area contributed by atoms with Crippen LogP contribution in [0.3, 0.4) is 0 Å². The summed E-state index contributed by atoms with van der Waals surface area (Å²) < 4.78 is 5.16. The third kappa shape index (κ3) is 4.80. The first kappa shape index (κ1) is 18.5. The number of ketones is 1. The maximum Gasteiger partial charge on any atom is 0.338 e. The molecule has 2 aromatic rings. The van der Waals surface area contributed by atoms with Crippen molar-refractivity contribution in [1.29, 1.82) is 0 Å². The van der Waals surface area contributed by atoms with Gasteiger partial charge in [0.1, 0.15) is 11.5 Å². The Bertz CT molecular complexity index is 748.